The third-order valence-electron chi connectivity index (χ3n) is 3.44. The van der Waals surface area contributed by atoms with Crippen LogP contribution in [0, 0.1) is 0 Å². The van der Waals surface area contributed by atoms with Crippen molar-refractivity contribution >= 4 is 27.7 Å². The van der Waals surface area contributed by atoms with Crippen LogP contribution in [0.15, 0.2) is 24.0 Å². The quantitative estimate of drug-likeness (QED) is 0.334. The molecule has 0 aromatic rings. The van der Waals surface area contributed by atoms with E-state index in [0.29, 0.717) is 6.42 Å². The number of carbonyl (C=O) groups excluding carboxylic acids is 1. The molecule has 0 fully saturated rings. The average Bonchev–Trinajstić information content (AvgIpc) is 2.40. The van der Waals surface area contributed by atoms with Crippen LogP contribution in [-0.2, 0) is 19.6 Å². The van der Waals surface area contributed by atoms with Gasteiger partial charge in [-0.1, -0.05) is 38.8 Å². The molecule has 0 aromatic carbocycles. The molecule has 0 spiro atoms. The Kier molecular flexibility index (Phi) is 6.43. The number of hydrogen-bond acceptors (Lipinski definition) is 4. The first-order valence-corrected chi connectivity index (χ1v) is 8.88. The van der Waals surface area contributed by atoms with Gasteiger partial charge in [-0.3, -0.25) is 9.35 Å². The van der Waals surface area contributed by atoms with Gasteiger partial charge in [-0.2, -0.15) is 8.42 Å². The summed E-state index contributed by atoms with van der Waals surface area (Å²) in [4.78, 5) is 10.3. The SMILES string of the molecule is CCCCCC(=O)OC1=CC=CC(S(=O)(=O)O)C1(Cl)CC. The van der Waals surface area contributed by atoms with Gasteiger partial charge in [-0.15, -0.1) is 11.6 Å². The maximum absolute atomic E-state index is 11.8. The highest BCUT2D eigenvalue weighted by Crippen LogP contribution is 2.40. The summed E-state index contributed by atoms with van der Waals surface area (Å²) in [5.41, 5.74) is 0. The number of alkyl halides is 1. The molecular formula is C14H21ClO5S. The van der Waals surface area contributed by atoms with Crippen molar-refractivity contribution in [2.75, 3.05) is 0 Å². The van der Waals surface area contributed by atoms with Gasteiger partial charge in [0.1, 0.15) is 15.9 Å². The zero-order chi connectivity index (χ0) is 16.1. The highest BCUT2D eigenvalue weighted by molar-refractivity contribution is 7.86. The number of unbranched alkanes of at least 4 members (excludes halogenated alkanes) is 2. The zero-order valence-electron chi connectivity index (χ0n) is 12.2. The predicted octanol–water partition coefficient (Wildman–Crippen LogP) is 3.21. The largest absolute Gasteiger partial charge is 0.429 e. The molecule has 21 heavy (non-hydrogen) atoms. The van der Waals surface area contributed by atoms with Crippen LogP contribution >= 0.6 is 11.6 Å². The Labute approximate surface area is 130 Å². The minimum Gasteiger partial charge on any atom is -0.429 e. The van der Waals surface area contributed by atoms with Crippen molar-refractivity contribution in [1.82, 2.24) is 0 Å². The standard InChI is InChI=1S/C14H21ClO5S/c1-3-5-6-10-13(16)20-11-8-7-9-12(21(17,18)19)14(11,15)4-2/h7-9,12H,3-6,10H2,1-2H3,(H,17,18,19). The number of allylic oxidation sites excluding steroid dienone is 3. The van der Waals surface area contributed by atoms with E-state index in [-0.39, 0.29) is 18.6 Å². The number of carbonyl (C=O) groups is 1. The van der Waals surface area contributed by atoms with Crippen LogP contribution in [-0.4, -0.2) is 29.1 Å². The van der Waals surface area contributed by atoms with Gasteiger partial charge in [0.2, 0.25) is 0 Å². The lowest BCUT2D eigenvalue weighted by Gasteiger charge is -2.34. The van der Waals surface area contributed by atoms with Crippen LogP contribution in [0.1, 0.15) is 46.0 Å². The van der Waals surface area contributed by atoms with Crippen LogP contribution in [0.3, 0.4) is 0 Å². The van der Waals surface area contributed by atoms with Crippen molar-refractivity contribution in [3.05, 3.63) is 24.0 Å². The van der Waals surface area contributed by atoms with E-state index in [1.54, 1.807) is 6.92 Å². The molecule has 2 atom stereocenters. The van der Waals surface area contributed by atoms with Crippen molar-refractivity contribution in [1.29, 1.82) is 0 Å². The van der Waals surface area contributed by atoms with Crippen LogP contribution in [0.2, 0.25) is 0 Å². The molecule has 1 N–H and O–H groups in total. The topological polar surface area (TPSA) is 80.7 Å². The van der Waals surface area contributed by atoms with Crippen molar-refractivity contribution in [3.63, 3.8) is 0 Å². The second-order valence-corrected chi connectivity index (χ2v) is 7.21. The van der Waals surface area contributed by atoms with Crippen LogP contribution in [0.4, 0.5) is 0 Å². The van der Waals surface area contributed by atoms with E-state index < -0.39 is 26.2 Å². The van der Waals surface area contributed by atoms with E-state index in [9.17, 15) is 17.8 Å². The first-order chi connectivity index (χ1) is 9.75. The van der Waals surface area contributed by atoms with Crippen LogP contribution in [0.25, 0.3) is 0 Å². The summed E-state index contributed by atoms with van der Waals surface area (Å²) in [7, 11) is -4.39. The molecule has 1 aliphatic carbocycles. The van der Waals surface area contributed by atoms with Gasteiger partial charge in [0, 0.05) is 6.42 Å². The summed E-state index contributed by atoms with van der Waals surface area (Å²) < 4.78 is 37.4. The summed E-state index contributed by atoms with van der Waals surface area (Å²) in [5, 5.41) is -1.33. The predicted molar refractivity (Wildman–Crippen MR) is 81.7 cm³/mol. The summed E-state index contributed by atoms with van der Waals surface area (Å²) in [6, 6.07) is 0. The fraction of sp³-hybridized carbons (Fsp3) is 0.643. The molecule has 7 heteroatoms. The molecule has 1 rings (SSSR count). The maximum atomic E-state index is 11.8. The molecular weight excluding hydrogens is 316 g/mol. The molecule has 1 aliphatic rings. The molecule has 5 nitrogen and oxygen atoms in total. The van der Waals surface area contributed by atoms with Gasteiger partial charge in [-0.25, -0.2) is 0 Å². The molecule has 0 amide bonds. The molecule has 0 heterocycles. The van der Waals surface area contributed by atoms with Gasteiger partial charge in [0.25, 0.3) is 10.1 Å². The third kappa shape index (κ3) is 4.56. The van der Waals surface area contributed by atoms with Crippen molar-refractivity contribution in [2.24, 2.45) is 0 Å². The first-order valence-electron chi connectivity index (χ1n) is 7.00. The minimum atomic E-state index is -4.39. The fourth-order valence-corrected chi connectivity index (χ4v) is 3.75. The smallest absolute Gasteiger partial charge is 0.310 e. The van der Waals surface area contributed by atoms with Gasteiger partial charge in [0.05, 0.1) is 0 Å². The van der Waals surface area contributed by atoms with Crippen molar-refractivity contribution in [3.8, 4) is 0 Å². The lowest BCUT2D eigenvalue weighted by Crippen LogP contribution is -2.44. The van der Waals surface area contributed by atoms with E-state index in [4.69, 9.17) is 16.3 Å². The molecule has 2 unspecified atom stereocenters. The average molecular weight is 337 g/mol. The van der Waals surface area contributed by atoms with E-state index >= 15 is 0 Å². The van der Waals surface area contributed by atoms with E-state index in [0.717, 1.165) is 12.8 Å². The number of hydrogen-bond donors (Lipinski definition) is 1. The number of halogens is 1. The molecule has 0 saturated carbocycles. The Morgan fingerprint density at radius 2 is 2.10 bits per heavy atom. The monoisotopic (exact) mass is 336 g/mol. The third-order valence-corrected chi connectivity index (χ3v) is 5.46. The molecule has 0 saturated heterocycles. The molecule has 120 valence electrons. The van der Waals surface area contributed by atoms with Crippen LogP contribution < -0.4 is 0 Å². The molecule has 0 bridgehead atoms. The highest BCUT2D eigenvalue weighted by Gasteiger charge is 2.47. The first kappa shape index (κ1) is 18.2. The normalized spacial score (nSPS) is 25.5. The Hall–Kier alpha value is -0.850. The molecule has 0 aromatic heterocycles. The summed E-state index contributed by atoms with van der Waals surface area (Å²) in [6.07, 6.45) is 7.24. The van der Waals surface area contributed by atoms with Crippen LogP contribution in [0.5, 0.6) is 0 Å². The van der Waals surface area contributed by atoms with Gasteiger partial charge >= 0.3 is 5.97 Å². The number of esters is 1. The maximum Gasteiger partial charge on any atom is 0.310 e. The Balaban J connectivity index is 2.88. The summed E-state index contributed by atoms with van der Waals surface area (Å²) in [5.74, 6) is -0.379. The van der Waals surface area contributed by atoms with Gasteiger partial charge in [0.15, 0.2) is 0 Å². The van der Waals surface area contributed by atoms with Crippen molar-refractivity contribution < 1.29 is 22.5 Å². The second-order valence-electron chi connectivity index (χ2n) is 5.00. The van der Waals surface area contributed by atoms with E-state index in [1.807, 2.05) is 6.92 Å². The zero-order valence-corrected chi connectivity index (χ0v) is 13.8. The Morgan fingerprint density at radius 1 is 1.43 bits per heavy atom. The van der Waals surface area contributed by atoms with E-state index in [1.165, 1.54) is 18.2 Å². The summed E-state index contributed by atoms with van der Waals surface area (Å²) >= 11 is 6.35. The Bertz CT molecular complexity index is 538. The van der Waals surface area contributed by atoms with Gasteiger partial charge < -0.3 is 4.74 Å². The molecule has 0 radical (unpaired) electrons. The van der Waals surface area contributed by atoms with Crippen molar-refractivity contribution in [2.45, 2.75) is 56.1 Å². The Morgan fingerprint density at radius 3 is 2.62 bits per heavy atom. The van der Waals surface area contributed by atoms with Gasteiger partial charge in [-0.05, 0) is 18.9 Å². The molecule has 0 aliphatic heterocycles. The minimum absolute atomic E-state index is 0.0679. The number of ether oxygens (including phenoxy) is 1. The second kappa shape index (κ2) is 7.42. The summed E-state index contributed by atoms with van der Waals surface area (Å²) in [6.45, 7) is 3.69. The number of rotatable bonds is 7. The lowest BCUT2D eigenvalue weighted by molar-refractivity contribution is -0.140. The highest BCUT2D eigenvalue weighted by atomic mass is 35.5. The fourth-order valence-electron chi connectivity index (χ4n) is 2.20. The lowest BCUT2D eigenvalue weighted by atomic mass is 9.94. The van der Waals surface area contributed by atoms with E-state index in [2.05, 4.69) is 0 Å².